The van der Waals surface area contributed by atoms with Gasteiger partial charge in [-0.15, -0.1) is 0 Å². The minimum atomic E-state index is -0.345. The third-order valence-electron chi connectivity index (χ3n) is 3.82. The smallest absolute Gasteiger partial charge is 0.244 e. The normalized spacial score (nSPS) is 10.1. The molecule has 0 heterocycles. The van der Waals surface area contributed by atoms with Crippen LogP contribution in [0.15, 0.2) is 42.5 Å². The highest BCUT2D eigenvalue weighted by atomic mass is 16.5. The molecule has 2 aromatic rings. The maximum atomic E-state index is 12.5. The zero-order valence-corrected chi connectivity index (χ0v) is 15.9. The van der Waals surface area contributed by atoms with Crippen molar-refractivity contribution in [3.8, 4) is 17.2 Å². The maximum absolute atomic E-state index is 12.5. The first-order chi connectivity index (χ1) is 13.0. The molecule has 0 aliphatic carbocycles. The number of hydrogen-bond acceptors (Lipinski definition) is 5. The van der Waals surface area contributed by atoms with E-state index in [0.29, 0.717) is 35.2 Å². The van der Waals surface area contributed by atoms with Crippen LogP contribution in [0.3, 0.4) is 0 Å². The van der Waals surface area contributed by atoms with Crippen molar-refractivity contribution < 1.29 is 23.8 Å². The van der Waals surface area contributed by atoms with Crippen LogP contribution in [0.25, 0.3) is 0 Å². The average molecular weight is 372 g/mol. The zero-order chi connectivity index (χ0) is 19.8. The molecular formula is C20H24N2O5. The lowest BCUT2D eigenvalue weighted by Gasteiger charge is -2.21. The lowest BCUT2D eigenvalue weighted by atomic mass is 10.2. The van der Waals surface area contributed by atoms with E-state index in [1.165, 1.54) is 18.9 Å². The monoisotopic (exact) mass is 372 g/mol. The molecule has 0 aliphatic heterocycles. The fraction of sp³-hybridized carbons (Fsp3) is 0.300. The molecule has 2 amide bonds. The van der Waals surface area contributed by atoms with E-state index in [1.807, 2.05) is 6.92 Å². The molecule has 27 heavy (non-hydrogen) atoms. The maximum Gasteiger partial charge on any atom is 0.244 e. The van der Waals surface area contributed by atoms with Crippen molar-refractivity contribution in [3.63, 3.8) is 0 Å². The SMILES string of the molecule is CCOc1ccc(N(CC(=O)Nc2ccc(OC)cc2OC)C(C)=O)cc1. The summed E-state index contributed by atoms with van der Waals surface area (Å²) in [5, 5.41) is 2.76. The zero-order valence-electron chi connectivity index (χ0n) is 15.9. The summed E-state index contributed by atoms with van der Waals surface area (Å²) in [6.45, 7) is 3.74. The fourth-order valence-corrected chi connectivity index (χ4v) is 2.51. The standard InChI is InChI=1S/C20H24N2O5/c1-5-27-16-8-6-15(7-9-16)22(14(2)23)13-20(24)21-18-11-10-17(25-3)12-19(18)26-4/h6-12H,5,13H2,1-4H3,(H,21,24). The van der Waals surface area contributed by atoms with Gasteiger partial charge in [-0.05, 0) is 43.3 Å². The number of ether oxygens (including phenoxy) is 3. The van der Waals surface area contributed by atoms with Gasteiger partial charge < -0.3 is 24.4 Å². The van der Waals surface area contributed by atoms with Crippen LogP contribution < -0.4 is 24.4 Å². The van der Waals surface area contributed by atoms with Gasteiger partial charge in [0.1, 0.15) is 23.8 Å². The number of nitrogens with zero attached hydrogens (tertiary/aromatic N) is 1. The van der Waals surface area contributed by atoms with Crippen LogP contribution in [-0.4, -0.2) is 39.2 Å². The second kappa shape index (κ2) is 9.47. The Labute approximate surface area is 158 Å². The summed E-state index contributed by atoms with van der Waals surface area (Å²) >= 11 is 0. The third-order valence-corrected chi connectivity index (χ3v) is 3.82. The van der Waals surface area contributed by atoms with Crippen LogP contribution in [0.1, 0.15) is 13.8 Å². The van der Waals surface area contributed by atoms with Crippen molar-refractivity contribution in [1.82, 2.24) is 0 Å². The molecule has 0 saturated carbocycles. The van der Waals surface area contributed by atoms with Gasteiger partial charge >= 0.3 is 0 Å². The Balaban J connectivity index is 2.12. The van der Waals surface area contributed by atoms with Gasteiger partial charge in [0.2, 0.25) is 11.8 Å². The largest absolute Gasteiger partial charge is 0.497 e. The van der Waals surface area contributed by atoms with Crippen LogP contribution in [0.4, 0.5) is 11.4 Å². The van der Waals surface area contributed by atoms with E-state index < -0.39 is 0 Å². The number of carbonyl (C=O) groups is 2. The molecule has 0 atom stereocenters. The molecule has 144 valence electrons. The van der Waals surface area contributed by atoms with Gasteiger partial charge in [0.15, 0.2) is 0 Å². The number of carbonyl (C=O) groups excluding carboxylic acids is 2. The molecule has 0 unspecified atom stereocenters. The van der Waals surface area contributed by atoms with Crippen molar-refractivity contribution in [2.45, 2.75) is 13.8 Å². The van der Waals surface area contributed by atoms with E-state index in [0.717, 1.165) is 0 Å². The van der Waals surface area contributed by atoms with Crippen LogP contribution in [0.5, 0.6) is 17.2 Å². The molecule has 2 rings (SSSR count). The van der Waals surface area contributed by atoms with Gasteiger partial charge in [0.05, 0.1) is 26.5 Å². The molecule has 0 aliphatic rings. The molecule has 0 radical (unpaired) electrons. The van der Waals surface area contributed by atoms with Crippen LogP contribution in [0, 0.1) is 0 Å². The minimum Gasteiger partial charge on any atom is -0.497 e. The Hall–Kier alpha value is -3.22. The van der Waals surface area contributed by atoms with E-state index in [9.17, 15) is 9.59 Å². The first-order valence-electron chi connectivity index (χ1n) is 8.51. The number of hydrogen-bond donors (Lipinski definition) is 1. The predicted octanol–water partition coefficient (Wildman–Crippen LogP) is 3.09. The van der Waals surface area contributed by atoms with E-state index in [4.69, 9.17) is 14.2 Å². The second-order valence-corrected chi connectivity index (χ2v) is 5.65. The van der Waals surface area contributed by atoms with E-state index in [1.54, 1.807) is 49.6 Å². The van der Waals surface area contributed by atoms with Crippen LogP contribution in [0.2, 0.25) is 0 Å². The quantitative estimate of drug-likeness (QED) is 0.770. The molecule has 2 aromatic carbocycles. The Morgan fingerprint density at radius 1 is 1.00 bits per heavy atom. The molecule has 1 N–H and O–H groups in total. The van der Waals surface area contributed by atoms with Gasteiger partial charge in [0.25, 0.3) is 0 Å². The number of nitrogens with one attached hydrogen (secondary N) is 1. The van der Waals surface area contributed by atoms with Gasteiger partial charge in [-0.2, -0.15) is 0 Å². The topological polar surface area (TPSA) is 77.1 Å². The van der Waals surface area contributed by atoms with Crippen molar-refractivity contribution >= 4 is 23.2 Å². The number of amides is 2. The molecule has 0 bridgehead atoms. The van der Waals surface area contributed by atoms with Gasteiger partial charge in [-0.3, -0.25) is 9.59 Å². The Morgan fingerprint density at radius 3 is 2.22 bits per heavy atom. The number of methoxy groups -OCH3 is 2. The van der Waals surface area contributed by atoms with Crippen LogP contribution in [-0.2, 0) is 9.59 Å². The van der Waals surface area contributed by atoms with Crippen LogP contribution >= 0.6 is 0 Å². The number of benzene rings is 2. The highest BCUT2D eigenvalue weighted by Gasteiger charge is 2.17. The van der Waals surface area contributed by atoms with E-state index in [2.05, 4.69) is 5.32 Å². The molecule has 0 saturated heterocycles. The van der Waals surface area contributed by atoms with Crippen molar-refractivity contribution in [1.29, 1.82) is 0 Å². The Bertz CT molecular complexity index is 789. The van der Waals surface area contributed by atoms with Gasteiger partial charge in [-0.25, -0.2) is 0 Å². The Kier molecular flexibility index (Phi) is 7.05. The number of anilines is 2. The average Bonchev–Trinajstić information content (AvgIpc) is 2.67. The van der Waals surface area contributed by atoms with Crippen molar-refractivity contribution in [3.05, 3.63) is 42.5 Å². The van der Waals surface area contributed by atoms with Crippen molar-refractivity contribution in [2.75, 3.05) is 37.6 Å². The summed E-state index contributed by atoms with van der Waals surface area (Å²) in [7, 11) is 3.06. The van der Waals surface area contributed by atoms with Gasteiger partial charge in [-0.1, -0.05) is 0 Å². The molecule has 0 aromatic heterocycles. The molecule has 7 heteroatoms. The first kappa shape index (κ1) is 20.1. The molecule has 7 nitrogen and oxygen atoms in total. The molecular weight excluding hydrogens is 348 g/mol. The summed E-state index contributed by atoms with van der Waals surface area (Å²) in [5.74, 6) is 1.21. The van der Waals surface area contributed by atoms with Crippen molar-refractivity contribution in [2.24, 2.45) is 0 Å². The minimum absolute atomic E-state index is 0.126. The summed E-state index contributed by atoms with van der Waals surface area (Å²) in [4.78, 5) is 25.9. The summed E-state index contributed by atoms with van der Waals surface area (Å²) in [6, 6.07) is 12.1. The third kappa shape index (κ3) is 5.37. The summed E-state index contributed by atoms with van der Waals surface area (Å²) in [6.07, 6.45) is 0. The lowest BCUT2D eigenvalue weighted by molar-refractivity contribution is -0.120. The predicted molar refractivity (Wildman–Crippen MR) is 104 cm³/mol. The summed E-state index contributed by atoms with van der Waals surface area (Å²) in [5.41, 5.74) is 1.11. The fourth-order valence-electron chi connectivity index (χ4n) is 2.51. The van der Waals surface area contributed by atoms with Gasteiger partial charge in [0, 0.05) is 18.7 Å². The molecule has 0 fully saturated rings. The van der Waals surface area contributed by atoms with E-state index >= 15 is 0 Å². The lowest BCUT2D eigenvalue weighted by Crippen LogP contribution is -2.36. The second-order valence-electron chi connectivity index (χ2n) is 5.65. The van der Waals surface area contributed by atoms with E-state index in [-0.39, 0.29) is 18.4 Å². The molecule has 0 spiro atoms. The Morgan fingerprint density at radius 2 is 1.67 bits per heavy atom. The highest BCUT2D eigenvalue weighted by Crippen LogP contribution is 2.29. The first-order valence-corrected chi connectivity index (χ1v) is 8.51. The number of rotatable bonds is 8. The summed E-state index contributed by atoms with van der Waals surface area (Å²) < 4.78 is 15.8. The highest BCUT2D eigenvalue weighted by molar-refractivity contribution is 6.02.